The lowest BCUT2D eigenvalue weighted by atomic mass is 10.1. The third kappa shape index (κ3) is 3.81. The molecule has 2 N–H and O–H groups in total. The predicted octanol–water partition coefficient (Wildman–Crippen LogP) is -0.0990. The third-order valence-electron chi connectivity index (χ3n) is 4.23. The number of aromatic nitrogens is 1. The Labute approximate surface area is 124 Å². The Morgan fingerprint density at radius 3 is 2.76 bits per heavy atom. The van der Waals surface area contributed by atoms with Crippen LogP contribution in [0.25, 0.3) is 0 Å². The standard InChI is InChI=1S/C14H23N5O2/c1-11-8-13(17-21-11)16-14(20)2-3-18-4-6-19(7-5-18)12-9-15-10-12/h8,12,15H,2-7,9-10H2,1H3,(H,16,17,20). The van der Waals surface area contributed by atoms with E-state index in [9.17, 15) is 4.79 Å². The van der Waals surface area contributed by atoms with Crippen molar-refractivity contribution in [2.75, 3.05) is 51.1 Å². The molecule has 1 amide bonds. The topological polar surface area (TPSA) is 73.6 Å². The molecular weight excluding hydrogens is 270 g/mol. The second kappa shape index (κ2) is 6.55. The van der Waals surface area contributed by atoms with Crippen LogP contribution in [0.3, 0.4) is 0 Å². The highest BCUT2D eigenvalue weighted by molar-refractivity contribution is 5.89. The molecule has 0 unspecified atom stereocenters. The molecule has 2 saturated heterocycles. The first kappa shape index (κ1) is 14.5. The van der Waals surface area contributed by atoms with Gasteiger partial charge in [0.1, 0.15) is 5.76 Å². The van der Waals surface area contributed by atoms with Crippen LogP contribution in [0.15, 0.2) is 10.6 Å². The van der Waals surface area contributed by atoms with Gasteiger partial charge in [0.25, 0.3) is 0 Å². The van der Waals surface area contributed by atoms with Crippen LogP contribution in [0.4, 0.5) is 5.82 Å². The van der Waals surface area contributed by atoms with Gasteiger partial charge in [-0.15, -0.1) is 0 Å². The Hall–Kier alpha value is -1.44. The van der Waals surface area contributed by atoms with Crippen molar-refractivity contribution in [3.05, 3.63) is 11.8 Å². The van der Waals surface area contributed by atoms with E-state index in [1.54, 1.807) is 13.0 Å². The van der Waals surface area contributed by atoms with E-state index in [0.717, 1.165) is 51.9 Å². The zero-order valence-electron chi connectivity index (χ0n) is 12.5. The Morgan fingerprint density at radius 2 is 2.19 bits per heavy atom. The van der Waals surface area contributed by atoms with E-state index in [1.165, 1.54) is 0 Å². The minimum Gasteiger partial charge on any atom is -0.360 e. The first-order valence-electron chi connectivity index (χ1n) is 7.61. The van der Waals surface area contributed by atoms with Gasteiger partial charge in [0.05, 0.1) is 0 Å². The molecule has 0 atom stereocenters. The molecule has 0 saturated carbocycles. The molecule has 3 rings (SSSR count). The minimum absolute atomic E-state index is 0.00563. The fourth-order valence-corrected chi connectivity index (χ4v) is 2.77. The van der Waals surface area contributed by atoms with Crippen molar-refractivity contribution in [2.45, 2.75) is 19.4 Å². The van der Waals surface area contributed by atoms with Gasteiger partial charge in [-0.25, -0.2) is 0 Å². The van der Waals surface area contributed by atoms with Crippen molar-refractivity contribution < 1.29 is 9.32 Å². The molecule has 21 heavy (non-hydrogen) atoms. The van der Waals surface area contributed by atoms with Crippen LogP contribution < -0.4 is 10.6 Å². The van der Waals surface area contributed by atoms with Crippen LogP contribution in [0.2, 0.25) is 0 Å². The maximum Gasteiger partial charge on any atom is 0.226 e. The summed E-state index contributed by atoms with van der Waals surface area (Å²) in [5, 5.41) is 9.83. The summed E-state index contributed by atoms with van der Waals surface area (Å²) in [4.78, 5) is 16.8. The molecule has 2 fully saturated rings. The number of nitrogens with one attached hydrogen (secondary N) is 2. The number of nitrogens with zero attached hydrogens (tertiary/aromatic N) is 3. The van der Waals surface area contributed by atoms with Crippen molar-refractivity contribution in [1.29, 1.82) is 0 Å². The summed E-state index contributed by atoms with van der Waals surface area (Å²) in [6.07, 6.45) is 0.497. The second-order valence-corrected chi connectivity index (χ2v) is 5.81. The lowest BCUT2D eigenvalue weighted by molar-refractivity contribution is -0.116. The highest BCUT2D eigenvalue weighted by Crippen LogP contribution is 2.11. The Morgan fingerprint density at radius 1 is 1.43 bits per heavy atom. The van der Waals surface area contributed by atoms with Crippen LogP contribution >= 0.6 is 0 Å². The summed E-state index contributed by atoms with van der Waals surface area (Å²) in [7, 11) is 0. The molecular formula is C14H23N5O2. The van der Waals surface area contributed by atoms with Crippen LogP contribution in [0.5, 0.6) is 0 Å². The summed E-state index contributed by atoms with van der Waals surface area (Å²) in [6, 6.07) is 2.45. The zero-order valence-corrected chi connectivity index (χ0v) is 12.5. The van der Waals surface area contributed by atoms with Crippen molar-refractivity contribution in [2.24, 2.45) is 0 Å². The van der Waals surface area contributed by atoms with Crippen molar-refractivity contribution in [3.8, 4) is 0 Å². The molecule has 1 aromatic rings. The van der Waals surface area contributed by atoms with Gasteiger partial charge >= 0.3 is 0 Å². The Kier molecular flexibility index (Phi) is 4.52. The highest BCUT2D eigenvalue weighted by atomic mass is 16.5. The lowest BCUT2D eigenvalue weighted by Crippen LogP contribution is -2.61. The average Bonchev–Trinajstić information content (AvgIpc) is 2.81. The van der Waals surface area contributed by atoms with E-state index in [1.807, 2.05) is 0 Å². The molecule has 116 valence electrons. The van der Waals surface area contributed by atoms with Crippen LogP contribution in [0, 0.1) is 6.92 Å². The van der Waals surface area contributed by atoms with E-state index < -0.39 is 0 Å². The maximum atomic E-state index is 11.9. The van der Waals surface area contributed by atoms with E-state index in [2.05, 4.69) is 25.6 Å². The van der Waals surface area contributed by atoms with Gasteiger partial charge < -0.3 is 20.1 Å². The fraction of sp³-hybridized carbons (Fsp3) is 0.714. The van der Waals surface area contributed by atoms with Gasteiger partial charge in [0.15, 0.2) is 5.82 Å². The van der Waals surface area contributed by atoms with Gasteiger partial charge in [0.2, 0.25) is 5.91 Å². The van der Waals surface area contributed by atoms with Gasteiger partial charge in [0, 0.05) is 64.3 Å². The number of carbonyl (C=O) groups is 1. The van der Waals surface area contributed by atoms with Crippen molar-refractivity contribution in [3.63, 3.8) is 0 Å². The number of amides is 1. The molecule has 1 aromatic heterocycles. The monoisotopic (exact) mass is 293 g/mol. The van der Waals surface area contributed by atoms with E-state index in [4.69, 9.17) is 4.52 Å². The first-order valence-corrected chi connectivity index (χ1v) is 7.61. The predicted molar refractivity (Wildman–Crippen MR) is 79.2 cm³/mol. The van der Waals surface area contributed by atoms with Crippen LogP contribution in [-0.4, -0.2) is 72.7 Å². The van der Waals surface area contributed by atoms with Crippen molar-refractivity contribution in [1.82, 2.24) is 20.3 Å². The van der Waals surface area contributed by atoms with Gasteiger partial charge in [-0.2, -0.15) is 0 Å². The molecule has 0 spiro atoms. The normalized spacial score (nSPS) is 21.2. The molecule has 0 aromatic carbocycles. The van der Waals surface area contributed by atoms with E-state index in [0.29, 0.717) is 18.0 Å². The summed E-state index contributed by atoms with van der Waals surface area (Å²) in [5.41, 5.74) is 0. The Bertz CT molecular complexity index is 477. The number of piperazine rings is 1. The van der Waals surface area contributed by atoms with E-state index in [-0.39, 0.29) is 5.91 Å². The maximum absolute atomic E-state index is 11.9. The number of anilines is 1. The van der Waals surface area contributed by atoms with Gasteiger partial charge in [-0.05, 0) is 6.92 Å². The fourth-order valence-electron chi connectivity index (χ4n) is 2.77. The molecule has 0 aliphatic carbocycles. The number of hydrogen-bond acceptors (Lipinski definition) is 6. The number of rotatable bonds is 5. The van der Waals surface area contributed by atoms with Gasteiger partial charge in [-0.3, -0.25) is 9.69 Å². The number of aryl methyl sites for hydroxylation is 1. The highest BCUT2D eigenvalue weighted by Gasteiger charge is 2.27. The molecule has 0 radical (unpaired) electrons. The zero-order chi connectivity index (χ0) is 14.7. The first-order chi connectivity index (χ1) is 10.2. The largest absolute Gasteiger partial charge is 0.360 e. The summed E-state index contributed by atoms with van der Waals surface area (Å²) in [5.74, 6) is 1.20. The number of hydrogen-bond donors (Lipinski definition) is 2. The molecule has 7 heteroatoms. The van der Waals surface area contributed by atoms with E-state index >= 15 is 0 Å². The quantitative estimate of drug-likeness (QED) is 0.790. The molecule has 7 nitrogen and oxygen atoms in total. The summed E-state index contributed by atoms with van der Waals surface area (Å²) in [6.45, 7) is 9.17. The molecule has 2 aliphatic rings. The third-order valence-corrected chi connectivity index (χ3v) is 4.23. The second-order valence-electron chi connectivity index (χ2n) is 5.81. The van der Waals surface area contributed by atoms with Crippen LogP contribution in [0.1, 0.15) is 12.2 Å². The SMILES string of the molecule is Cc1cc(NC(=O)CCN2CCN(C3CNC3)CC2)no1. The number of carbonyl (C=O) groups excluding carboxylic acids is 1. The molecule has 3 heterocycles. The van der Waals surface area contributed by atoms with Crippen LogP contribution in [-0.2, 0) is 4.79 Å². The summed E-state index contributed by atoms with van der Waals surface area (Å²) < 4.78 is 4.92. The molecule has 0 bridgehead atoms. The lowest BCUT2D eigenvalue weighted by Gasteiger charge is -2.43. The van der Waals surface area contributed by atoms with Crippen molar-refractivity contribution >= 4 is 11.7 Å². The Balaban J connectivity index is 1.34. The minimum atomic E-state index is -0.00563. The smallest absolute Gasteiger partial charge is 0.226 e. The average molecular weight is 293 g/mol. The molecule has 2 aliphatic heterocycles. The summed E-state index contributed by atoms with van der Waals surface area (Å²) >= 11 is 0. The van der Waals surface area contributed by atoms with Gasteiger partial charge in [-0.1, -0.05) is 5.16 Å².